The molecule has 0 amide bonds. The van der Waals surface area contributed by atoms with Gasteiger partial charge in [0, 0.05) is 6.04 Å². The summed E-state index contributed by atoms with van der Waals surface area (Å²) in [5, 5.41) is 0. The van der Waals surface area contributed by atoms with E-state index in [0.717, 1.165) is 5.56 Å². The third kappa shape index (κ3) is 4.97. The van der Waals surface area contributed by atoms with Crippen LogP contribution < -0.4 is 5.73 Å². The summed E-state index contributed by atoms with van der Waals surface area (Å²) in [5.74, 6) is -0.119. The van der Waals surface area contributed by atoms with Crippen LogP contribution in [0.25, 0.3) is 0 Å². The van der Waals surface area contributed by atoms with Crippen LogP contribution in [0.3, 0.4) is 0 Å². The smallest absolute Gasteiger partial charge is 0.179 e. The number of ether oxygens (including phenoxy) is 1. The summed E-state index contributed by atoms with van der Waals surface area (Å²) in [6.07, 6.45) is 0. The van der Waals surface area contributed by atoms with Gasteiger partial charge in [-0.3, -0.25) is 0 Å². The van der Waals surface area contributed by atoms with Gasteiger partial charge in [0.05, 0.1) is 23.9 Å². The lowest BCUT2D eigenvalue weighted by Gasteiger charge is -2.13. The topological polar surface area (TPSA) is 69.4 Å². The SMILES string of the molecule is N[C@H](COCc1ccccc1)CS(=O)(=O)c1ccccc1. The minimum absolute atomic E-state index is 0.119. The lowest BCUT2D eigenvalue weighted by atomic mass is 10.2. The van der Waals surface area contributed by atoms with Gasteiger partial charge >= 0.3 is 0 Å². The fourth-order valence-corrected chi connectivity index (χ4v) is 3.38. The standard InChI is InChI=1S/C16H19NO3S/c17-15(12-20-11-14-7-3-1-4-8-14)13-21(18,19)16-9-5-2-6-10-16/h1-10,15H,11-13,17H2/t15-/m1/s1. The Kier molecular flexibility index (Phi) is 5.50. The van der Waals surface area contributed by atoms with Gasteiger partial charge in [0.2, 0.25) is 0 Å². The van der Waals surface area contributed by atoms with Gasteiger partial charge in [-0.1, -0.05) is 48.5 Å². The first-order chi connectivity index (χ1) is 10.1. The van der Waals surface area contributed by atoms with Gasteiger partial charge in [0.25, 0.3) is 0 Å². The van der Waals surface area contributed by atoms with E-state index in [0.29, 0.717) is 11.5 Å². The highest BCUT2D eigenvalue weighted by Crippen LogP contribution is 2.11. The maximum absolute atomic E-state index is 12.1. The molecule has 4 nitrogen and oxygen atoms in total. The highest BCUT2D eigenvalue weighted by atomic mass is 32.2. The van der Waals surface area contributed by atoms with E-state index in [1.807, 2.05) is 30.3 Å². The van der Waals surface area contributed by atoms with Crippen molar-refractivity contribution < 1.29 is 13.2 Å². The fraction of sp³-hybridized carbons (Fsp3) is 0.250. The van der Waals surface area contributed by atoms with E-state index in [1.165, 1.54) is 0 Å². The molecule has 2 N–H and O–H groups in total. The van der Waals surface area contributed by atoms with Crippen LogP contribution in [-0.4, -0.2) is 26.8 Å². The lowest BCUT2D eigenvalue weighted by molar-refractivity contribution is 0.112. The van der Waals surface area contributed by atoms with Gasteiger partial charge in [-0.2, -0.15) is 0 Å². The molecular weight excluding hydrogens is 286 g/mol. The van der Waals surface area contributed by atoms with Crippen molar-refractivity contribution in [3.63, 3.8) is 0 Å². The number of sulfone groups is 1. The Labute approximate surface area is 125 Å². The van der Waals surface area contributed by atoms with Gasteiger partial charge in [0.1, 0.15) is 0 Å². The summed E-state index contributed by atoms with van der Waals surface area (Å²) in [6, 6.07) is 17.5. The van der Waals surface area contributed by atoms with Crippen molar-refractivity contribution in [1.82, 2.24) is 0 Å². The zero-order chi connectivity index (χ0) is 15.1. The summed E-state index contributed by atoms with van der Waals surface area (Å²) < 4.78 is 29.8. The van der Waals surface area contributed by atoms with Crippen molar-refractivity contribution in [2.45, 2.75) is 17.5 Å². The number of hydrogen-bond donors (Lipinski definition) is 1. The summed E-state index contributed by atoms with van der Waals surface area (Å²) in [6.45, 7) is 0.640. The van der Waals surface area contributed by atoms with Gasteiger partial charge in [-0.05, 0) is 17.7 Å². The van der Waals surface area contributed by atoms with Crippen LogP contribution in [0.4, 0.5) is 0 Å². The average Bonchev–Trinajstić information content (AvgIpc) is 2.49. The second-order valence-electron chi connectivity index (χ2n) is 4.86. The molecular formula is C16H19NO3S. The zero-order valence-corrected chi connectivity index (χ0v) is 12.5. The highest BCUT2D eigenvalue weighted by Gasteiger charge is 2.18. The molecule has 0 saturated carbocycles. The van der Waals surface area contributed by atoms with Crippen molar-refractivity contribution >= 4 is 9.84 Å². The molecule has 0 aliphatic carbocycles. The fourth-order valence-electron chi connectivity index (χ4n) is 1.96. The van der Waals surface area contributed by atoms with Gasteiger partial charge in [-0.25, -0.2) is 8.42 Å². The third-order valence-electron chi connectivity index (χ3n) is 2.98. The lowest BCUT2D eigenvalue weighted by Crippen LogP contribution is -2.34. The average molecular weight is 305 g/mol. The predicted molar refractivity (Wildman–Crippen MR) is 82.6 cm³/mol. The Bertz CT molecular complexity index is 642. The molecule has 2 aromatic rings. The highest BCUT2D eigenvalue weighted by molar-refractivity contribution is 7.91. The van der Waals surface area contributed by atoms with Crippen LogP contribution in [0, 0.1) is 0 Å². The van der Waals surface area contributed by atoms with Gasteiger partial charge in [-0.15, -0.1) is 0 Å². The quantitative estimate of drug-likeness (QED) is 0.849. The van der Waals surface area contributed by atoms with E-state index in [-0.39, 0.29) is 12.4 Å². The number of rotatable bonds is 7. The first kappa shape index (κ1) is 15.7. The van der Waals surface area contributed by atoms with Crippen LogP contribution in [0.1, 0.15) is 5.56 Å². The summed E-state index contributed by atoms with van der Waals surface area (Å²) in [7, 11) is -3.36. The van der Waals surface area contributed by atoms with E-state index < -0.39 is 15.9 Å². The number of nitrogens with two attached hydrogens (primary N) is 1. The molecule has 2 rings (SSSR count). The number of hydrogen-bond acceptors (Lipinski definition) is 4. The molecule has 112 valence electrons. The molecule has 0 fully saturated rings. The molecule has 0 radical (unpaired) electrons. The van der Waals surface area contributed by atoms with Crippen molar-refractivity contribution in [3.8, 4) is 0 Å². The Morgan fingerprint density at radius 3 is 2.14 bits per heavy atom. The Hall–Kier alpha value is -1.69. The largest absolute Gasteiger partial charge is 0.375 e. The molecule has 0 spiro atoms. The van der Waals surface area contributed by atoms with Crippen molar-refractivity contribution in [2.24, 2.45) is 5.73 Å². The zero-order valence-electron chi connectivity index (χ0n) is 11.7. The molecule has 0 aliphatic rings. The normalized spacial score (nSPS) is 13.0. The van der Waals surface area contributed by atoms with Crippen LogP contribution in [0.15, 0.2) is 65.6 Å². The Morgan fingerprint density at radius 1 is 0.952 bits per heavy atom. The second-order valence-corrected chi connectivity index (χ2v) is 6.89. The molecule has 0 bridgehead atoms. The van der Waals surface area contributed by atoms with Crippen molar-refractivity contribution in [1.29, 1.82) is 0 Å². The third-order valence-corrected chi connectivity index (χ3v) is 4.84. The number of benzene rings is 2. The Morgan fingerprint density at radius 2 is 1.52 bits per heavy atom. The molecule has 0 aromatic heterocycles. The van der Waals surface area contributed by atoms with Crippen molar-refractivity contribution in [2.75, 3.05) is 12.4 Å². The maximum Gasteiger partial charge on any atom is 0.179 e. The minimum Gasteiger partial charge on any atom is -0.375 e. The monoisotopic (exact) mass is 305 g/mol. The van der Waals surface area contributed by atoms with Crippen LogP contribution in [0.5, 0.6) is 0 Å². The molecule has 0 unspecified atom stereocenters. The van der Waals surface area contributed by atoms with Gasteiger partial charge < -0.3 is 10.5 Å². The van der Waals surface area contributed by atoms with E-state index >= 15 is 0 Å². The molecule has 0 heterocycles. The second kappa shape index (κ2) is 7.36. The van der Waals surface area contributed by atoms with Crippen LogP contribution in [-0.2, 0) is 21.2 Å². The summed E-state index contributed by atoms with van der Waals surface area (Å²) in [4.78, 5) is 0.295. The van der Waals surface area contributed by atoms with Crippen LogP contribution in [0.2, 0.25) is 0 Å². The summed E-state index contributed by atoms with van der Waals surface area (Å²) >= 11 is 0. The van der Waals surface area contributed by atoms with E-state index in [1.54, 1.807) is 30.3 Å². The molecule has 5 heteroatoms. The Balaban J connectivity index is 1.83. The van der Waals surface area contributed by atoms with E-state index in [4.69, 9.17) is 10.5 Å². The molecule has 1 atom stereocenters. The van der Waals surface area contributed by atoms with E-state index in [2.05, 4.69) is 0 Å². The van der Waals surface area contributed by atoms with Crippen molar-refractivity contribution in [3.05, 3.63) is 66.2 Å². The molecule has 2 aromatic carbocycles. The first-order valence-electron chi connectivity index (χ1n) is 6.73. The maximum atomic E-state index is 12.1. The minimum atomic E-state index is -3.36. The molecule has 0 saturated heterocycles. The predicted octanol–water partition coefficient (Wildman–Crippen LogP) is 2.00. The molecule has 0 aliphatic heterocycles. The van der Waals surface area contributed by atoms with Crippen LogP contribution >= 0.6 is 0 Å². The summed E-state index contributed by atoms with van der Waals surface area (Å²) in [5.41, 5.74) is 6.89. The van der Waals surface area contributed by atoms with E-state index in [9.17, 15) is 8.42 Å². The first-order valence-corrected chi connectivity index (χ1v) is 8.38. The van der Waals surface area contributed by atoms with Gasteiger partial charge in [0.15, 0.2) is 9.84 Å². The molecule has 21 heavy (non-hydrogen) atoms.